The Balaban J connectivity index is 2.04. The van der Waals surface area contributed by atoms with Crippen molar-refractivity contribution in [3.05, 3.63) is 24.3 Å². The minimum Gasteiger partial charge on any atom is -0.380 e. The molecule has 1 aromatic rings. The van der Waals surface area contributed by atoms with Gasteiger partial charge in [-0.2, -0.15) is 4.31 Å². The normalized spacial score (nSPS) is 22.6. The zero-order chi connectivity index (χ0) is 13.0. The van der Waals surface area contributed by atoms with Gasteiger partial charge < -0.3 is 4.74 Å². The zero-order valence-corrected chi connectivity index (χ0v) is 11.1. The summed E-state index contributed by atoms with van der Waals surface area (Å²) in [6.07, 6.45) is 5.13. The Hall–Kier alpha value is -1.05. The molecule has 18 heavy (non-hydrogen) atoms. The highest BCUT2D eigenvalue weighted by Crippen LogP contribution is 2.14. The van der Waals surface area contributed by atoms with Gasteiger partial charge in [-0.3, -0.25) is 0 Å². The van der Waals surface area contributed by atoms with Gasteiger partial charge in [0.25, 0.3) is 0 Å². The summed E-state index contributed by atoms with van der Waals surface area (Å²) in [5.41, 5.74) is 0.911. The third-order valence-corrected chi connectivity index (χ3v) is 4.18. The predicted octanol–water partition coefficient (Wildman–Crippen LogP) is -0.0729. The molecular weight excluding hydrogens is 254 g/mol. The topological polar surface area (TPSA) is 72.4 Å². The Bertz CT molecular complexity index is 478. The van der Waals surface area contributed by atoms with E-state index in [0.717, 1.165) is 5.69 Å². The van der Waals surface area contributed by atoms with Gasteiger partial charge in [0.05, 0.1) is 19.5 Å². The van der Waals surface area contributed by atoms with Crippen LogP contribution in [0.5, 0.6) is 0 Å². The molecule has 2 rings (SSSR count). The molecule has 0 radical (unpaired) electrons. The van der Waals surface area contributed by atoms with Gasteiger partial charge in [-0.25, -0.2) is 18.4 Å². The summed E-state index contributed by atoms with van der Waals surface area (Å²) in [6, 6.07) is 1.84. The molecule has 1 aliphatic rings. The van der Waals surface area contributed by atoms with Gasteiger partial charge in [0.15, 0.2) is 0 Å². The van der Waals surface area contributed by atoms with Crippen molar-refractivity contribution in [3.8, 4) is 0 Å². The van der Waals surface area contributed by atoms with Crippen molar-refractivity contribution < 1.29 is 13.2 Å². The Morgan fingerprint density at radius 2 is 2.39 bits per heavy atom. The molecule has 6 nitrogen and oxygen atoms in total. The molecule has 0 bridgehead atoms. The minimum absolute atomic E-state index is 0.136. The molecule has 0 saturated carbocycles. The zero-order valence-electron chi connectivity index (χ0n) is 10.3. The first-order chi connectivity index (χ1) is 8.55. The van der Waals surface area contributed by atoms with Crippen molar-refractivity contribution >= 4 is 10.0 Å². The van der Waals surface area contributed by atoms with Crippen LogP contribution in [0.4, 0.5) is 0 Å². The Morgan fingerprint density at radius 3 is 3.06 bits per heavy atom. The number of hydrogen-bond acceptors (Lipinski definition) is 5. The summed E-state index contributed by atoms with van der Waals surface area (Å²) in [5, 5.41) is 0. The maximum atomic E-state index is 11.6. The lowest BCUT2D eigenvalue weighted by atomic mass is 10.0. The van der Waals surface area contributed by atoms with Gasteiger partial charge in [-0.15, -0.1) is 0 Å². The molecule has 2 heterocycles. The number of sulfonamides is 1. The van der Waals surface area contributed by atoms with E-state index in [1.54, 1.807) is 6.20 Å². The smallest absolute Gasteiger partial charge is 0.211 e. The number of rotatable bonds is 3. The minimum atomic E-state index is -3.15. The van der Waals surface area contributed by atoms with E-state index in [1.165, 1.54) is 16.9 Å². The van der Waals surface area contributed by atoms with Crippen LogP contribution >= 0.6 is 0 Å². The Morgan fingerprint density at radius 1 is 1.56 bits per heavy atom. The van der Waals surface area contributed by atoms with Crippen LogP contribution in [0, 0.1) is 5.92 Å². The van der Waals surface area contributed by atoms with Crippen LogP contribution in [0.3, 0.4) is 0 Å². The molecule has 0 amide bonds. The van der Waals surface area contributed by atoms with Crippen LogP contribution < -0.4 is 0 Å². The summed E-state index contributed by atoms with van der Waals surface area (Å²) in [6.45, 7) is 1.94. The molecule has 0 N–H and O–H groups in total. The fraction of sp³-hybridized carbons (Fsp3) is 0.636. The maximum Gasteiger partial charge on any atom is 0.211 e. The lowest BCUT2D eigenvalue weighted by molar-refractivity contribution is 0.122. The van der Waals surface area contributed by atoms with E-state index in [4.69, 9.17) is 4.74 Å². The monoisotopic (exact) mass is 271 g/mol. The molecule has 0 unspecified atom stereocenters. The van der Waals surface area contributed by atoms with E-state index in [-0.39, 0.29) is 5.92 Å². The van der Waals surface area contributed by atoms with Gasteiger partial charge >= 0.3 is 0 Å². The third kappa shape index (κ3) is 3.72. The fourth-order valence-electron chi connectivity index (χ4n) is 2.01. The van der Waals surface area contributed by atoms with Gasteiger partial charge in [0.1, 0.15) is 6.33 Å². The lowest BCUT2D eigenvalue weighted by Crippen LogP contribution is -2.35. The molecule has 1 aliphatic heterocycles. The van der Waals surface area contributed by atoms with E-state index in [9.17, 15) is 8.42 Å². The molecule has 100 valence electrons. The first-order valence-electron chi connectivity index (χ1n) is 5.83. The van der Waals surface area contributed by atoms with Crippen molar-refractivity contribution in [2.45, 2.75) is 6.42 Å². The lowest BCUT2D eigenvalue weighted by Gasteiger charge is -2.20. The molecule has 0 aliphatic carbocycles. The van der Waals surface area contributed by atoms with Crippen LogP contribution in [0.2, 0.25) is 0 Å². The highest BCUT2D eigenvalue weighted by molar-refractivity contribution is 7.88. The summed E-state index contributed by atoms with van der Waals surface area (Å²) < 4.78 is 30.1. The van der Waals surface area contributed by atoms with Crippen LogP contribution in [0.1, 0.15) is 5.69 Å². The molecule has 1 saturated heterocycles. The van der Waals surface area contributed by atoms with Crippen LogP contribution in [-0.2, 0) is 21.2 Å². The number of nitrogens with zero attached hydrogens (tertiary/aromatic N) is 3. The first kappa shape index (κ1) is 13.4. The molecule has 1 atom stereocenters. The summed E-state index contributed by atoms with van der Waals surface area (Å²) in [5.74, 6) is 0.136. The largest absolute Gasteiger partial charge is 0.380 e. The average molecular weight is 271 g/mol. The predicted molar refractivity (Wildman–Crippen MR) is 66.5 cm³/mol. The molecule has 0 spiro atoms. The van der Waals surface area contributed by atoms with Crippen molar-refractivity contribution in [1.29, 1.82) is 0 Å². The number of hydrogen-bond donors (Lipinski definition) is 0. The number of ether oxygens (including phenoxy) is 1. The van der Waals surface area contributed by atoms with Crippen molar-refractivity contribution in [2.24, 2.45) is 5.92 Å². The van der Waals surface area contributed by atoms with Crippen LogP contribution in [0.25, 0.3) is 0 Å². The highest BCUT2D eigenvalue weighted by atomic mass is 32.2. The standard InChI is InChI=1S/C11H17N3O3S/c1-18(15,16)14-4-5-17-8-10(7-14)6-11-2-3-12-9-13-11/h2-3,9-10H,4-8H2,1H3/t10-/m1/s1. The van der Waals surface area contributed by atoms with E-state index in [2.05, 4.69) is 9.97 Å². The average Bonchev–Trinajstić information content (AvgIpc) is 2.55. The molecule has 1 fully saturated rings. The van der Waals surface area contributed by atoms with Gasteiger partial charge in [0, 0.05) is 30.9 Å². The maximum absolute atomic E-state index is 11.6. The van der Waals surface area contributed by atoms with E-state index in [1.807, 2.05) is 6.07 Å². The highest BCUT2D eigenvalue weighted by Gasteiger charge is 2.24. The van der Waals surface area contributed by atoms with Crippen molar-refractivity contribution in [3.63, 3.8) is 0 Å². The van der Waals surface area contributed by atoms with Crippen molar-refractivity contribution in [2.75, 3.05) is 32.6 Å². The van der Waals surface area contributed by atoms with Gasteiger partial charge in [0.2, 0.25) is 10.0 Å². The second-order valence-corrected chi connectivity index (χ2v) is 6.45. The quantitative estimate of drug-likeness (QED) is 0.769. The van der Waals surface area contributed by atoms with Gasteiger partial charge in [-0.1, -0.05) is 0 Å². The Kier molecular flexibility index (Phi) is 4.26. The number of aromatic nitrogens is 2. The van der Waals surface area contributed by atoms with E-state index in [0.29, 0.717) is 32.7 Å². The van der Waals surface area contributed by atoms with Crippen LogP contribution in [0.15, 0.2) is 18.6 Å². The SMILES string of the molecule is CS(=O)(=O)N1CCOC[C@H](Cc2ccncn2)C1. The first-order valence-corrected chi connectivity index (χ1v) is 7.68. The second kappa shape index (κ2) is 5.73. The fourth-order valence-corrected chi connectivity index (χ4v) is 2.90. The second-order valence-electron chi connectivity index (χ2n) is 4.47. The molecule has 7 heteroatoms. The summed E-state index contributed by atoms with van der Waals surface area (Å²) in [7, 11) is -3.15. The molecule has 0 aromatic carbocycles. The summed E-state index contributed by atoms with van der Waals surface area (Å²) >= 11 is 0. The summed E-state index contributed by atoms with van der Waals surface area (Å²) in [4.78, 5) is 8.02. The van der Waals surface area contributed by atoms with Crippen molar-refractivity contribution in [1.82, 2.24) is 14.3 Å². The third-order valence-electron chi connectivity index (χ3n) is 2.91. The molecule has 1 aromatic heterocycles. The van der Waals surface area contributed by atoms with Gasteiger partial charge in [-0.05, 0) is 12.5 Å². The van der Waals surface area contributed by atoms with Crippen LogP contribution in [-0.4, -0.2) is 55.3 Å². The van der Waals surface area contributed by atoms with E-state index >= 15 is 0 Å². The molecular formula is C11H17N3O3S. The Labute approximate surface area is 107 Å². The van der Waals surface area contributed by atoms with E-state index < -0.39 is 10.0 Å².